The molecular weight excluding hydrogens is 427 g/mol. The summed E-state index contributed by atoms with van der Waals surface area (Å²) in [6, 6.07) is 15.4. The molecule has 0 saturated heterocycles. The fourth-order valence-corrected chi connectivity index (χ4v) is 3.48. The fourth-order valence-electron chi connectivity index (χ4n) is 2.96. The molecule has 3 aromatic carbocycles. The third-order valence-corrected chi connectivity index (χ3v) is 4.89. The lowest BCUT2D eigenvalue weighted by molar-refractivity contribution is 0.102. The average Bonchev–Trinajstić information content (AvgIpc) is 3.18. The Morgan fingerprint density at radius 1 is 1.00 bits per heavy atom. The molecule has 1 heterocycles. The predicted octanol–water partition coefficient (Wildman–Crippen LogP) is 6.07. The standard InChI is InChI=1S/C22H16Cl2N2O4/c1-28-16-7-13(8-17(11-16)29-2)21(27)25-15-5-3-4-12(6-15)22-26-19-10-14(23)9-18(24)20(19)30-22/h3-11H,1-2H3,(H,25,27). The van der Waals surface area contributed by atoms with Crippen LogP contribution in [0, 0.1) is 0 Å². The largest absolute Gasteiger partial charge is 0.497 e. The topological polar surface area (TPSA) is 73.6 Å². The maximum atomic E-state index is 12.7. The van der Waals surface area contributed by atoms with E-state index in [9.17, 15) is 4.79 Å². The number of aromatic nitrogens is 1. The molecule has 0 atom stereocenters. The summed E-state index contributed by atoms with van der Waals surface area (Å²) >= 11 is 12.2. The van der Waals surface area contributed by atoms with Crippen molar-refractivity contribution in [3.05, 3.63) is 70.2 Å². The van der Waals surface area contributed by atoms with Gasteiger partial charge in [0, 0.05) is 27.9 Å². The molecule has 8 heteroatoms. The third-order valence-electron chi connectivity index (χ3n) is 4.39. The number of hydrogen-bond donors (Lipinski definition) is 1. The first-order valence-electron chi connectivity index (χ1n) is 8.87. The van der Waals surface area contributed by atoms with Gasteiger partial charge in [-0.15, -0.1) is 0 Å². The van der Waals surface area contributed by atoms with Gasteiger partial charge in [0.25, 0.3) is 5.91 Å². The number of amides is 1. The second kappa shape index (κ2) is 8.26. The number of rotatable bonds is 5. The van der Waals surface area contributed by atoms with Crippen molar-refractivity contribution in [2.75, 3.05) is 19.5 Å². The molecule has 152 valence electrons. The first-order valence-corrected chi connectivity index (χ1v) is 9.63. The molecular formula is C22H16Cl2N2O4. The number of anilines is 1. The number of benzene rings is 3. The number of hydrogen-bond acceptors (Lipinski definition) is 5. The van der Waals surface area contributed by atoms with Crippen LogP contribution in [-0.4, -0.2) is 25.1 Å². The number of fused-ring (bicyclic) bond motifs is 1. The van der Waals surface area contributed by atoms with Gasteiger partial charge in [-0.05, 0) is 42.5 Å². The van der Waals surface area contributed by atoms with Gasteiger partial charge in [-0.25, -0.2) is 4.98 Å². The average molecular weight is 443 g/mol. The van der Waals surface area contributed by atoms with Crippen molar-refractivity contribution in [1.82, 2.24) is 4.98 Å². The van der Waals surface area contributed by atoms with Crippen LogP contribution in [0.15, 0.2) is 59.0 Å². The molecule has 1 aromatic heterocycles. The highest BCUT2D eigenvalue weighted by atomic mass is 35.5. The van der Waals surface area contributed by atoms with Crippen molar-refractivity contribution in [3.63, 3.8) is 0 Å². The zero-order valence-electron chi connectivity index (χ0n) is 16.0. The molecule has 6 nitrogen and oxygen atoms in total. The number of ether oxygens (including phenoxy) is 2. The van der Waals surface area contributed by atoms with E-state index in [1.165, 1.54) is 14.2 Å². The van der Waals surface area contributed by atoms with E-state index in [4.69, 9.17) is 37.1 Å². The van der Waals surface area contributed by atoms with Crippen LogP contribution in [-0.2, 0) is 0 Å². The van der Waals surface area contributed by atoms with Gasteiger partial charge in [0.15, 0.2) is 5.58 Å². The van der Waals surface area contributed by atoms with Crippen LogP contribution in [0.5, 0.6) is 11.5 Å². The maximum Gasteiger partial charge on any atom is 0.255 e. The minimum absolute atomic E-state index is 0.309. The van der Waals surface area contributed by atoms with Crippen LogP contribution < -0.4 is 14.8 Å². The Kier molecular flexibility index (Phi) is 5.53. The Morgan fingerprint density at radius 2 is 1.73 bits per heavy atom. The third kappa shape index (κ3) is 4.06. The maximum absolute atomic E-state index is 12.7. The Balaban J connectivity index is 1.63. The van der Waals surface area contributed by atoms with E-state index in [0.717, 1.165) is 0 Å². The van der Waals surface area contributed by atoms with Crippen LogP contribution in [0.2, 0.25) is 10.0 Å². The lowest BCUT2D eigenvalue weighted by atomic mass is 10.1. The molecule has 0 bridgehead atoms. The van der Waals surface area contributed by atoms with Crippen LogP contribution in [0.4, 0.5) is 5.69 Å². The monoisotopic (exact) mass is 442 g/mol. The predicted molar refractivity (Wildman–Crippen MR) is 117 cm³/mol. The molecule has 1 N–H and O–H groups in total. The van der Waals surface area contributed by atoms with Crippen molar-refractivity contribution in [2.45, 2.75) is 0 Å². The Morgan fingerprint density at radius 3 is 2.43 bits per heavy atom. The van der Waals surface area contributed by atoms with E-state index < -0.39 is 0 Å². The summed E-state index contributed by atoms with van der Waals surface area (Å²) < 4.78 is 16.2. The van der Waals surface area contributed by atoms with E-state index in [-0.39, 0.29) is 5.91 Å². The Labute approximate surface area is 182 Å². The summed E-state index contributed by atoms with van der Waals surface area (Å²) in [5.41, 5.74) is 2.67. The van der Waals surface area contributed by atoms with Crippen molar-refractivity contribution in [1.29, 1.82) is 0 Å². The van der Waals surface area contributed by atoms with Crippen LogP contribution in [0.1, 0.15) is 10.4 Å². The summed E-state index contributed by atoms with van der Waals surface area (Å²) in [7, 11) is 3.05. The molecule has 0 fully saturated rings. The van der Waals surface area contributed by atoms with Gasteiger partial charge < -0.3 is 19.2 Å². The molecule has 0 aliphatic heterocycles. The first kappa shape index (κ1) is 20.1. The molecule has 0 saturated carbocycles. The van der Waals surface area contributed by atoms with Crippen molar-refractivity contribution in [2.24, 2.45) is 0 Å². The van der Waals surface area contributed by atoms with E-state index >= 15 is 0 Å². The molecule has 4 rings (SSSR count). The first-order chi connectivity index (χ1) is 14.5. The lowest BCUT2D eigenvalue weighted by Crippen LogP contribution is -2.12. The number of methoxy groups -OCH3 is 2. The van der Waals surface area contributed by atoms with Gasteiger partial charge in [-0.3, -0.25) is 4.79 Å². The quantitative estimate of drug-likeness (QED) is 0.405. The smallest absolute Gasteiger partial charge is 0.255 e. The van der Waals surface area contributed by atoms with Crippen molar-refractivity contribution >= 4 is 45.9 Å². The van der Waals surface area contributed by atoms with Crippen molar-refractivity contribution < 1.29 is 18.7 Å². The highest BCUT2D eigenvalue weighted by Crippen LogP contribution is 2.32. The number of nitrogens with zero attached hydrogens (tertiary/aromatic N) is 1. The summed E-state index contributed by atoms with van der Waals surface area (Å²) in [6.45, 7) is 0. The highest BCUT2D eigenvalue weighted by molar-refractivity contribution is 6.38. The van der Waals surface area contributed by atoms with Crippen molar-refractivity contribution in [3.8, 4) is 23.0 Å². The van der Waals surface area contributed by atoms with Gasteiger partial charge >= 0.3 is 0 Å². The second-order valence-corrected chi connectivity index (χ2v) is 7.23. The minimum Gasteiger partial charge on any atom is -0.497 e. The summed E-state index contributed by atoms with van der Waals surface area (Å²) in [5.74, 6) is 1.11. The van der Waals surface area contributed by atoms with Gasteiger partial charge in [-0.1, -0.05) is 29.3 Å². The van der Waals surface area contributed by atoms with Crippen LogP contribution >= 0.6 is 23.2 Å². The van der Waals surface area contributed by atoms with Gasteiger partial charge in [0.1, 0.15) is 17.0 Å². The number of carbonyl (C=O) groups excluding carboxylic acids is 1. The van der Waals surface area contributed by atoms with E-state index in [2.05, 4.69) is 10.3 Å². The number of oxazole rings is 1. The highest BCUT2D eigenvalue weighted by Gasteiger charge is 2.14. The minimum atomic E-state index is -0.309. The molecule has 0 spiro atoms. The van der Waals surface area contributed by atoms with Gasteiger partial charge in [0.2, 0.25) is 5.89 Å². The molecule has 0 unspecified atom stereocenters. The van der Waals surface area contributed by atoms with Gasteiger partial charge in [-0.2, -0.15) is 0 Å². The number of carbonyl (C=O) groups is 1. The van der Waals surface area contributed by atoms with E-state index in [1.807, 2.05) is 6.07 Å². The molecule has 30 heavy (non-hydrogen) atoms. The second-order valence-electron chi connectivity index (χ2n) is 6.39. The summed E-state index contributed by atoms with van der Waals surface area (Å²) in [5, 5.41) is 3.71. The SMILES string of the molecule is COc1cc(OC)cc(C(=O)Nc2cccc(-c3nc4cc(Cl)cc(Cl)c4o3)c2)c1. The summed E-state index contributed by atoms with van der Waals surface area (Å²) in [6.07, 6.45) is 0. The molecule has 4 aromatic rings. The number of nitrogens with one attached hydrogen (secondary N) is 1. The lowest BCUT2D eigenvalue weighted by Gasteiger charge is -2.10. The fraction of sp³-hybridized carbons (Fsp3) is 0.0909. The van der Waals surface area contributed by atoms with Crippen LogP contribution in [0.3, 0.4) is 0 Å². The zero-order chi connectivity index (χ0) is 21.3. The van der Waals surface area contributed by atoms with Crippen LogP contribution in [0.25, 0.3) is 22.6 Å². The van der Waals surface area contributed by atoms with Gasteiger partial charge in [0.05, 0.1) is 19.2 Å². The normalized spacial score (nSPS) is 10.8. The molecule has 1 amide bonds. The number of halogens is 2. The summed E-state index contributed by atoms with van der Waals surface area (Å²) in [4.78, 5) is 17.2. The molecule has 0 aliphatic rings. The van der Waals surface area contributed by atoms with E-state index in [0.29, 0.717) is 55.3 Å². The zero-order valence-corrected chi connectivity index (χ0v) is 17.5. The Hall–Kier alpha value is -3.22. The molecule has 0 aliphatic carbocycles. The molecule has 0 radical (unpaired) electrons. The Bertz CT molecular complexity index is 1230. The van der Waals surface area contributed by atoms with E-state index in [1.54, 1.807) is 48.5 Å².